The first-order valence-electron chi connectivity index (χ1n) is 5.58. The van der Waals surface area contributed by atoms with E-state index in [2.05, 4.69) is 50.9 Å². The molecule has 2 nitrogen and oxygen atoms in total. The van der Waals surface area contributed by atoms with Crippen LogP contribution >= 0.6 is 0 Å². The zero-order valence-corrected chi connectivity index (χ0v) is 10.2. The summed E-state index contributed by atoms with van der Waals surface area (Å²) in [6.45, 7) is 7.60. The number of nitrogens with two attached hydrogens (primary N) is 1. The highest BCUT2D eigenvalue weighted by Crippen LogP contribution is 2.25. The summed E-state index contributed by atoms with van der Waals surface area (Å²) in [5.74, 6) is 0.735. The van der Waals surface area contributed by atoms with E-state index in [1.165, 1.54) is 6.42 Å². The Labute approximate surface area is 93.1 Å². The quantitative estimate of drug-likeness (QED) is 0.767. The molecule has 1 rings (SSSR count). The number of hydrogen-bond acceptors (Lipinski definition) is 2. The van der Waals surface area contributed by atoms with Gasteiger partial charge in [0.05, 0.1) is 11.4 Å². The Bertz CT molecular complexity index is 318. The Morgan fingerprint density at radius 2 is 2.00 bits per heavy atom. The van der Waals surface area contributed by atoms with Crippen molar-refractivity contribution in [1.29, 1.82) is 0 Å². The second kappa shape index (κ2) is 5.06. The smallest absolute Gasteiger partial charge is 0.0600 e. The third kappa shape index (κ3) is 3.15. The zero-order chi connectivity index (χ0) is 11.4. The summed E-state index contributed by atoms with van der Waals surface area (Å²) in [7, 11) is 2.10. The molecule has 0 unspecified atom stereocenters. The van der Waals surface area contributed by atoms with Crippen molar-refractivity contribution < 1.29 is 0 Å². The lowest BCUT2D eigenvalue weighted by Crippen LogP contribution is -2.21. The molecule has 0 spiro atoms. The van der Waals surface area contributed by atoms with Gasteiger partial charge in [-0.05, 0) is 30.9 Å². The Kier molecular flexibility index (Phi) is 4.01. The van der Waals surface area contributed by atoms with Crippen molar-refractivity contribution in [1.82, 2.24) is 0 Å². The van der Waals surface area contributed by atoms with Gasteiger partial charge in [-0.1, -0.05) is 26.0 Å². The Hall–Kier alpha value is -1.18. The van der Waals surface area contributed by atoms with Crippen LogP contribution in [0.3, 0.4) is 0 Å². The van der Waals surface area contributed by atoms with Gasteiger partial charge in [-0.25, -0.2) is 0 Å². The molecule has 1 aromatic rings. The molecule has 0 aliphatic carbocycles. The normalized spacial score (nSPS) is 10.7. The van der Waals surface area contributed by atoms with Crippen LogP contribution in [-0.2, 0) is 0 Å². The van der Waals surface area contributed by atoms with E-state index in [-0.39, 0.29) is 0 Å². The van der Waals surface area contributed by atoms with Crippen LogP contribution in [0.2, 0.25) is 0 Å². The van der Waals surface area contributed by atoms with Gasteiger partial charge in [0.25, 0.3) is 0 Å². The van der Waals surface area contributed by atoms with Crippen molar-refractivity contribution in [3.8, 4) is 0 Å². The summed E-state index contributed by atoms with van der Waals surface area (Å²) < 4.78 is 0. The average Bonchev–Trinajstić information content (AvgIpc) is 2.18. The van der Waals surface area contributed by atoms with Crippen LogP contribution in [0.15, 0.2) is 18.2 Å². The van der Waals surface area contributed by atoms with Crippen LogP contribution in [0.5, 0.6) is 0 Å². The fourth-order valence-corrected chi connectivity index (χ4v) is 1.57. The Morgan fingerprint density at radius 3 is 2.60 bits per heavy atom. The van der Waals surface area contributed by atoms with E-state index in [1.807, 2.05) is 0 Å². The molecule has 0 aromatic heterocycles. The molecular weight excluding hydrogens is 184 g/mol. The summed E-state index contributed by atoms with van der Waals surface area (Å²) in [5.41, 5.74) is 9.26. The average molecular weight is 206 g/mol. The molecule has 0 amide bonds. The summed E-state index contributed by atoms with van der Waals surface area (Å²) in [4.78, 5) is 2.24. The molecule has 0 aliphatic rings. The van der Waals surface area contributed by atoms with Gasteiger partial charge in [0.15, 0.2) is 0 Å². The number of para-hydroxylation sites is 1. The van der Waals surface area contributed by atoms with Crippen LogP contribution in [0.25, 0.3) is 0 Å². The van der Waals surface area contributed by atoms with Crippen LogP contribution in [0, 0.1) is 12.8 Å². The van der Waals surface area contributed by atoms with Crippen LogP contribution in [0.1, 0.15) is 25.8 Å². The van der Waals surface area contributed by atoms with E-state index in [0.29, 0.717) is 0 Å². The summed E-state index contributed by atoms with van der Waals surface area (Å²) in [6.07, 6.45) is 1.20. The van der Waals surface area contributed by atoms with Gasteiger partial charge in [-0.3, -0.25) is 0 Å². The van der Waals surface area contributed by atoms with E-state index in [0.717, 1.165) is 29.4 Å². The van der Waals surface area contributed by atoms with Crippen molar-refractivity contribution in [2.45, 2.75) is 27.2 Å². The highest BCUT2D eigenvalue weighted by Gasteiger charge is 2.06. The minimum absolute atomic E-state index is 0.735. The zero-order valence-electron chi connectivity index (χ0n) is 10.2. The molecule has 15 heavy (non-hydrogen) atoms. The first kappa shape index (κ1) is 11.9. The van der Waals surface area contributed by atoms with Gasteiger partial charge in [0.2, 0.25) is 0 Å². The van der Waals surface area contributed by atoms with Gasteiger partial charge in [0.1, 0.15) is 0 Å². The second-order valence-corrected chi connectivity index (χ2v) is 4.61. The molecule has 0 bridgehead atoms. The van der Waals surface area contributed by atoms with Gasteiger partial charge in [-0.2, -0.15) is 0 Å². The molecule has 2 N–H and O–H groups in total. The summed E-state index contributed by atoms with van der Waals surface area (Å²) in [6, 6.07) is 6.20. The van der Waals surface area contributed by atoms with Crippen molar-refractivity contribution in [3.05, 3.63) is 23.8 Å². The molecule has 0 saturated heterocycles. The number of nitrogens with zero attached hydrogens (tertiary/aromatic N) is 1. The number of nitrogen functional groups attached to an aromatic ring is 1. The fourth-order valence-electron chi connectivity index (χ4n) is 1.57. The lowest BCUT2D eigenvalue weighted by Gasteiger charge is -2.22. The maximum atomic E-state index is 6.05. The lowest BCUT2D eigenvalue weighted by molar-refractivity contribution is 0.585. The van der Waals surface area contributed by atoms with Gasteiger partial charge >= 0.3 is 0 Å². The number of benzene rings is 1. The van der Waals surface area contributed by atoms with Crippen molar-refractivity contribution >= 4 is 11.4 Å². The first-order valence-corrected chi connectivity index (χ1v) is 5.58. The maximum absolute atomic E-state index is 6.05. The van der Waals surface area contributed by atoms with Gasteiger partial charge in [0, 0.05) is 13.6 Å². The van der Waals surface area contributed by atoms with E-state index in [1.54, 1.807) is 0 Å². The van der Waals surface area contributed by atoms with Crippen molar-refractivity contribution in [3.63, 3.8) is 0 Å². The summed E-state index contributed by atoms with van der Waals surface area (Å²) >= 11 is 0. The van der Waals surface area contributed by atoms with E-state index < -0.39 is 0 Å². The van der Waals surface area contributed by atoms with Crippen molar-refractivity contribution in [2.24, 2.45) is 5.92 Å². The third-order valence-corrected chi connectivity index (χ3v) is 2.75. The Morgan fingerprint density at radius 1 is 1.33 bits per heavy atom. The highest BCUT2D eigenvalue weighted by molar-refractivity contribution is 5.70. The standard InChI is InChI=1S/C13H22N2/c1-10(2)8-9-15(4)12-7-5-6-11(3)13(12)14/h5-7,10H,8-9,14H2,1-4H3. The third-order valence-electron chi connectivity index (χ3n) is 2.75. The predicted octanol–water partition coefficient (Wildman–Crippen LogP) is 3.06. The number of hydrogen-bond donors (Lipinski definition) is 1. The highest BCUT2D eigenvalue weighted by atomic mass is 15.1. The van der Waals surface area contributed by atoms with Crippen LogP contribution < -0.4 is 10.6 Å². The van der Waals surface area contributed by atoms with Crippen molar-refractivity contribution in [2.75, 3.05) is 24.2 Å². The minimum atomic E-state index is 0.735. The monoisotopic (exact) mass is 206 g/mol. The summed E-state index contributed by atoms with van der Waals surface area (Å²) in [5, 5.41) is 0. The maximum Gasteiger partial charge on any atom is 0.0600 e. The molecule has 84 valence electrons. The van der Waals surface area contributed by atoms with Gasteiger partial charge < -0.3 is 10.6 Å². The predicted molar refractivity (Wildman–Crippen MR) is 68.3 cm³/mol. The first-order chi connectivity index (χ1) is 7.02. The number of anilines is 2. The lowest BCUT2D eigenvalue weighted by atomic mass is 10.1. The SMILES string of the molecule is Cc1cccc(N(C)CCC(C)C)c1N. The molecule has 0 aliphatic heterocycles. The molecule has 1 aromatic carbocycles. The van der Waals surface area contributed by atoms with Crippen LogP contribution in [-0.4, -0.2) is 13.6 Å². The van der Waals surface area contributed by atoms with E-state index in [4.69, 9.17) is 5.73 Å². The molecule has 0 fully saturated rings. The minimum Gasteiger partial charge on any atom is -0.397 e. The number of aryl methyl sites for hydroxylation is 1. The van der Waals surface area contributed by atoms with E-state index in [9.17, 15) is 0 Å². The molecule has 2 heteroatoms. The largest absolute Gasteiger partial charge is 0.397 e. The molecule has 0 atom stereocenters. The fraction of sp³-hybridized carbons (Fsp3) is 0.538. The van der Waals surface area contributed by atoms with Gasteiger partial charge in [-0.15, -0.1) is 0 Å². The van der Waals surface area contributed by atoms with Crippen LogP contribution in [0.4, 0.5) is 11.4 Å². The molecule has 0 saturated carbocycles. The Balaban J connectivity index is 2.73. The molecule has 0 radical (unpaired) electrons. The topological polar surface area (TPSA) is 29.3 Å². The number of rotatable bonds is 4. The van der Waals surface area contributed by atoms with E-state index >= 15 is 0 Å². The second-order valence-electron chi connectivity index (χ2n) is 4.61. The molecular formula is C13H22N2. The molecule has 0 heterocycles.